The minimum absolute atomic E-state index is 0.593. The van der Waals surface area contributed by atoms with Crippen molar-refractivity contribution < 1.29 is 4.42 Å². The third-order valence-electron chi connectivity index (χ3n) is 11.4. The van der Waals surface area contributed by atoms with Crippen molar-refractivity contribution >= 4 is 65.0 Å². The molecule has 280 valence electrons. The molecule has 0 N–H and O–H groups in total. The topological polar surface area (TPSA) is 64.7 Å². The molecular formula is C54H32N4OS. The fraction of sp³-hybridized carbons (Fsp3) is 0. The zero-order valence-corrected chi connectivity index (χ0v) is 32.9. The van der Waals surface area contributed by atoms with Gasteiger partial charge in [0.05, 0.1) is 15.6 Å². The third-order valence-corrected chi connectivity index (χ3v) is 12.5. The van der Waals surface area contributed by atoms with Crippen LogP contribution in [0.4, 0.5) is 0 Å². The predicted octanol–water partition coefficient (Wildman–Crippen LogP) is 14.7. The lowest BCUT2D eigenvalue weighted by molar-refractivity contribution is 0.669. The Balaban J connectivity index is 1.07. The van der Waals surface area contributed by atoms with Crippen LogP contribution < -0.4 is 0 Å². The van der Waals surface area contributed by atoms with E-state index >= 15 is 0 Å². The molecule has 0 aliphatic carbocycles. The van der Waals surface area contributed by atoms with E-state index in [1.165, 1.54) is 0 Å². The van der Waals surface area contributed by atoms with E-state index < -0.39 is 0 Å². The molecule has 0 saturated carbocycles. The molecule has 0 unspecified atom stereocenters. The number of aromatic nitrogens is 4. The van der Waals surface area contributed by atoms with Gasteiger partial charge in [-0.25, -0.2) is 19.9 Å². The van der Waals surface area contributed by atoms with Crippen LogP contribution in [-0.2, 0) is 0 Å². The molecule has 3 aromatic heterocycles. The normalized spacial score (nSPS) is 11.7. The van der Waals surface area contributed by atoms with Gasteiger partial charge in [0.15, 0.2) is 17.5 Å². The van der Waals surface area contributed by atoms with E-state index in [1.807, 2.05) is 12.1 Å². The molecule has 0 bridgehead atoms. The Labute approximate surface area is 348 Å². The number of benzene rings is 9. The van der Waals surface area contributed by atoms with Gasteiger partial charge in [0.1, 0.15) is 16.2 Å². The minimum atomic E-state index is 0.593. The molecule has 0 aliphatic rings. The SMILES string of the molecule is c1ccc(-c2ccc(-c3nc(-c4ccc5ccc6oc7ccc8sc(-c9ccccc9)nc8c7c6c5c4)nc(-c4ccc(-c5ccccc5)c5ccccc45)n3)cc2)cc1. The molecule has 0 saturated heterocycles. The summed E-state index contributed by atoms with van der Waals surface area (Å²) in [5.74, 6) is 1.81. The maximum Gasteiger partial charge on any atom is 0.164 e. The average Bonchev–Trinajstić information content (AvgIpc) is 3.94. The lowest BCUT2D eigenvalue weighted by atomic mass is 9.94. The minimum Gasteiger partial charge on any atom is -0.456 e. The Hall–Kier alpha value is -7.80. The number of hydrogen-bond donors (Lipinski definition) is 0. The van der Waals surface area contributed by atoms with Crippen molar-refractivity contribution in [1.82, 2.24) is 19.9 Å². The quantitative estimate of drug-likeness (QED) is 0.168. The van der Waals surface area contributed by atoms with E-state index in [9.17, 15) is 0 Å². The summed E-state index contributed by atoms with van der Waals surface area (Å²) in [5, 5.41) is 7.41. The highest BCUT2D eigenvalue weighted by atomic mass is 32.1. The van der Waals surface area contributed by atoms with E-state index in [0.29, 0.717) is 17.5 Å². The van der Waals surface area contributed by atoms with Gasteiger partial charge < -0.3 is 4.42 Å². The maximum atomic E-state index is 6.53. The zero-order valence-electron chi connectivity index (χ0n) is 32.1. The van der Waals surface area contributed by atoms with Crippen LogP contribution in [0, 0.1) is 0 Å². The lowest BCUT2D eigenvalue weighted by Crippen LogP contribution is -2.01. The van der Waals surface area contributed by atoms with Gasteiger partial charge in [0.25, 0.3) is 0 Å². The van der Waals surface area contributed by atoms with Gasteiger partial charge in [0, 0.05) is 27.6 Å². The standard InChI is InChI=1S/C54H32N4OS/c1-4-12-33(13-5-1)34-20-23-37(24-21-34)51-56-52(58-53(57-51)43-28-27-40(35-14-6-2-7-15-35)41-18-10-11-19-42(41)43)39-25-22-36-26-29-45-48(44(36)32-39)49-46(59-45)30-31-47-50(49)55-54(60-47)38-16-8-3-9-17-38/h1-32H. The Morgan fingerprint density at radius 3 is 1.63 bits per heavy atom. The van der Waals surface area contributed by atoms with Crippen molar-refractivity contribution in [2.24, 2.45) is 0 Å². The molecule has 0 aliphatic heterocycles. The molecule has 9 aromatic carbocycles. The Morgan fingerprint density at radius 2 is 0.883 bits per heavy atom. The summed E-state index contributed by atoms with van der Waals surface area (Å²) in [5.41, 5.74) is 11.0. The van der Waals surface area contributed by atoms with Crippen LogP contribution in [0.15, 0.2) is 199 Å². The van der Waals surface area contributed by atoms with Crippen LogP contribution in [-0.4, -0.2) is 19.9 Å². The summed E-state index contributed by atoms with van der Waals surface area (Å²) >= 11 is 1.70. The van der Waals surface area contributed by atoms with Crippen molar-refractivity contribution in [1.29, 1.82) is 0 Å². The second-order valence-electron chi connectivity index (χ2n) is 15.0. The Kier molecular flexibility index (Phi) is 7.96. The lowest BCUT2D eigenvalue weighted by Gasteiger charge is -2.13. The second-order valence-corrected chi connectivity index (χ2v) is 16.0. The number of nitrogens with zero attached hydrogens (tertiary/aromatic N) is 4. The largest absolute Gasteiger partial charge is 0.456 e. The fourth-order valence-corrected chi connectivity index (χ4v) is 9.45. The molecule has 6 heteroatoms. The molecule has 0 spiro atoms. The molecule has 0 fully saturated rings. The number of hydrogen-bond acceptors (Lipinski definition) is 6. The molecule has 0 atom stereocenters. The summed E-state index contributed by atoms with van der Waals surface area (Å²) < 4.78 is 7.65. The van der Waals surface area contributed by atoms with E-state index in [0.717, 1.165) is 103 Å². The number of furan rings is 1. The second kappa shape index (κ2) is 13.9. The van der Waals surface area contributed by atoms with E-state index in [-0.39, 0.29) is 0 Å². The highest BCUT2D eigenvalue weighted by Gasteiger charge is 2.20. The monoisotopic (exact) mass is 784 g/mol. The number of rotatable bonds is 6. The summed E-state index contributed by atoms with van der Waals surface area (Å²) in [7, 11) is 0. The molecule has 12 rings (SSSR count). The predicted molar refractivity (Wildman–Crippen MR) is 248 cm³/mol. The first-order valence-electron chi connectivity index (χ1n) is 20.0. The third kappa shape index (κ3) is 5.76. The van der Waals surface area contributed by atoms with Crippen LogP contribution in [0.2, 0.25) is 0 Å². The van der Waals surface area contributed by atoms with Crippen molar-refractivity contribution in [2.45, 2.75) is 0 Å². The van der Waals surface area contributed by atoms with Crippen molar-refractivity contribution in [3.63, 3.8) is 0 Å². The molecule has 60 heavy (non-hydrogen) atoms. The van der Waals surface area contributed by atoms with Crippen LogP contribution in [0.3, 0.4) is 0 Å². The van der Waals surface area contributed by atoms with Crippen molar-refractivity contribution in [3.8, 4) is 67.0 Å². The van der Waals surface area contributed by atoms with Crippen LogP contribution >= 0.6 is 11.3 Å². The smallest absolute Gasteiger partial charge is 0.164 e. The summed E-state index contributed by atoms with van der Waals surface area (Å²) in [4.78, 5) is 20.9. The number of fused-ring (bicyclic) bond motifs is 8. The first-order chi connectivity index (χ1) is 29.7. The summed E-state index contributed by atoms with van der Waals surface area (Å²) in [6.07, 6.45) is 0. The summed E-state index contributed by atoms with van der Waals surface area (Å²) in [6, 6.07) is 67.5. The zero-order chi connectivity index (χ0) is 39.6. The summed E-state index contributed by atoms with van der Waals surface area (Å²) in [6.45, 7) is 0. The van der Waals surface area contributed by atoms with E-state index in [2.05, 4.69) is 182 Å². The van der Waals surface area contributed by atoms with Crippen molar-refractivity contribution in [2.75, 3.05) is 0 Å². The molecular weight excluding hydrogens is 753 g/mol. The Bertz CT molecular complexity index is 3580. The number of thiazole rings is 1. The van der Waals surface area contributed by atoms with Gasteiger partial charge in [-0.1, -0.05) is 164 Å². The van der Waals surface area contributed by atoms with Gasteiger partial charge in [0.2, 0.25) is 0 Å². The van der Waals surface area contributed by atoms with Crippen LogP contribution in [0.1, 0.15) is 0 Å². The van der Waals surface area contributed by atoms with E-state index in [4.69, 9.17) is 24.4 Å². The van der Waals surface area contributed by atoms with Gasteiger partial charge in [-0.3, -0.25) is 0 Å². The van der Waals surface area contributed by atoms with Gasteiger partial charge in [-0.15, -0.1) is 11.3 Å². The first kappa shape index (κ1) is 34.3. The van der Waals surface area contributed by atoms with Gasteiger partial charge >= 0.3 is 0 Å². The van der Waals surface area contributed by atoms with Crippen molar-refractivity contribution in [3.05, 3.63) is 194 Å². The highest BCUT2D eigenvalue weighted by Crippen LogP contribution is 2.43. The van der Waals surface area contributed by atoms with Gasteiger partial charge in [-0.05, 0) is 74.1 Å². The van der Waals surface area contributed by atoms with Gasteiger partial charge in [-0.2, -0.15) is 0 Å². The highest BCUT2D eigenvalue weighted by molar-refractivity contribution is 7.21. The molecule has 3 heterocycles. The molecule has 0 radical (unpaired) electrons. The van der Waals surface area contributed by atoms with E-state index in [1.54, 1.807) is 11.3 Å². The first-order valence-corrected chi connectivity index (χ1v) is 20.8. The molecule has 0 amide bonds. The fourth-order valence-electron chi connectivity index (χ4n) is 8.47. The molecule has 5 nitrogen and oxygen atoms in total. The Morgan fingerprint density at radius 1 is 0.350 bits per heavy atom. The maximum absolute atomic E-state index is 6.53. The molecule has 12 aromatic rings. The average molecular weight is 785 g/mol. The van der Waals surface area contributed by atoms with Crippen LogP contribution in [0.5, 0.6) is 0 Å². The van der Waals surface area contributed by atoms with Crippen LogP contribution in [0.25, 0.3) is 121 Å².